The summed E-state index contributed by atoms with van der Waals surface area (Å²) >= 11 is 0. The standard InChI is InChI=1S/C24H28FN3O4/c1-16(29)26-22(14-17-6-8-21(32-2)9-7-17)23(30)27-20-10-12-28(13-11-20)24(31)18-4-3-5-19(25)15-18/h3-9,15,20,22H,10-14H2,1-2H3,(H,26,29)(H,27,30). The van der Waals surface area contributed by atoms with Gasteiger partial charge in [0, 0.05) is 38.0 Å². The Balaban J connectivity index is 1.55. The fourth-order valence-corrected chi connectivity index (χ4v) is 3.78. The molecule has 8 heteroatoms. The Labute approximate surface area is 186 Å². The van der Waals surface area contributed by atoms with Gasteiger partial charge in [0.25, 0.3) is 5.91 Å². The molecule has 3 rings (SSSR count). The lowest BCUT2D eigenvalue weighted by molar-refractivity contribution is -0.128. The Morgan fingerprint density at radius 2 is 1.81 bits per heavy atom. The summed E-state index contributed by atoms with van der Waals surface area (Å²) in [6, 6.07) is 12.2. The first kappa shape index (κ1) is 23.2. The summed E-state index contributed by atoms with van der Waals surface area (Å²) in [7, 11) is 1.58. The Kier molecular flexibility index (Phi) is 7.81. The Morgan fingerprint density at radius 1 is 1.12 bits per heavy atom. The summed E-state index contributed by atoms with van der Waals surface area (Å²) in [6.45, 7) is 2.30. The predicted octanol–water partition coefficient (Wildman–Crippen LogP) is 2.30. The molecule has 3 amide bonds. The second kappa shape index (κ2) is 10.7. The van der Waals surface area contributed by atoms with Crippen molar-refractivity contribution in [1.29, 1.82) is 0 Å². The van der Waals surface area contributed by atoms with Crippen molar-refractivity contribution in [3.63, 3.8) is 0 Å². The van der Waals surface area contributed by atoms with Crippen molar-refractivity contribution in [3.05, 3.63) is 65.5 Å². The van der Waals surface area contributed by atoms with E-state index in [1.807, 2.05) is 24.3 Å². The summed E-state index contributed by atoms with van der Waals surface area (Å²) < 4.78 is 18.6. The highest BCUT2D eigenvalue weighted by atomic mass is 19.1. The second-order valence-electron chi connectivity index (χ2n) is 7.89. The molecule has 0 spiro atoms. The van der Waals surface area contributed by atoms with Crippen LogP contribution in [0.5, 0.6) is 5.75 Å². The van der Waals surface area contributed by atoms with Gasteiger partial charge in [-0.1, -0.05) is 18.2 Å². The van der Waals surface area contributed by atoms with Crippen molar-refractivity contribution in [2.45, 2.75) is 38.3 Å². The number of carbonyl (C=O) groups excluding carboxylic acids is 3. The molecule has 32 heavy (non-hydrogen) atoms. The number of hydrogen-bond acceptors (Lipinski definition) is 4. The molecule has 1 aliphatic heterocycles. The lowest BCUT2D eigenvalue weighted by Crippen LogP contribution is -2.53. The van der Waals surface area contributed by atoms with Crippen molar-refractivity contribution in [1.82, 2.24) is 15.5 Å². The first-order chi connectivity index (χ1) is 15.4. The maximum Gasteiger partial charge on any atom is 0.253 e. The lowest BCUT2D eigenvalue weighted by Gasteiger charge is -2.33. The van der Waals surface area contributed by atoms with Gasteiger partial charge < -0.3 is 20.3 Å². The zero-order valence-corrected chi connectivity index (χ0v) is 18.3. The molecule has 0 bridgehead atoms. The number of nitrogens with one attached hydrogen (secondary N) is 2. The minimum Gasteiger partial charge on any atom is -0.497 e. The van der Waals surface area contributed by atoms with Gasteiger partial charge in [0.2, 0.25) is 11.8 Å². The van der Waals surface area contributed by atoms with E-state index in [-0.39, 0.29) is 23.8 Å². The summed E-state index contributed by atoms with van der Waals surface area (Å²) in [5.74, 6) is -0.488. The number of rotatable bonds is 7. The number of hydrogen-bond donors (Lipinski definition) is 2. The van der Waals surface area contributed by atoms with E-state index >= 15 is 0 Å². The highest BCUT2D eigenvalue weighted by Crippen LogP contribution is 2.16. The van der Waals surface area contributed by atoms with Crippen molar-refractivity contribution in [3.8, 4) is 5.75 Å². The van der Waals surface area contributed by atoms with Crippen molar-refractivity contribution in [2.24, 2.45) is 0 Å². The maximum atomic E-state index is 13.4. The number of ether oxygens (including phenoxy) is 1. The van der Waals surface area contributed by atoms with Crippen LogP contribution in [0.1, 0.15) is 35.7 Å². The Morgan fingerprint density at radius 3 is 2.41 bits per heavy atom. The summed E-state index contributed by atoms with van der Waals surface area (Å²) in [5.41, 5.74) is 1.22. The molecule has 0 saturated carbocycles. The van der Waals surface area contributed by atoms with Crippen LogP contribution in [-0.2, 0) is 16.0 Å². The van der Waals surface area contributed by atoms with Crippen molar-refractivity contribution in [2.75, 3.05) is 20.2 Å². The fraction of sp³-hybridized carbons (Fsp3) is 0.375. The van der Waals surface area contributed by atoms with E-state index in [1.165, 1.54) is 25.1 Å². The first-order valence-electron chi connectivity index (χ1n) is 10.6. The van der Waals surface area contributed by atoms with Gasteiger partial charge in [-0.25, -0.2) is 4.39 Å². The van der Waals surface area contributed by atoms with E-state index in [9.17, 15) is 18.8 Å². The molecule has 7 nitrogen and oxygen atoms in total. The normalized spacial score (nSPS) is 15.0. The summed E-state index contributed by atoms with van der Waals surface area (Å²) in [5, 5.41) is 5.72. The van der Waals surface area contributed by atoms with Crippen molar-refractivity contribution < 1.29 is 23.5 Å². The van der Waals surface area contributed by atoms with Gasteiger partial charge in [-0.15, -0.1) is 0 Å². The van der Waals surface area contributed by atoms with Crippen LogP contribution in [0, 0.1) is 5.82 Å². The third-order valence-corrected chi connectivity index (χ3v) is 5.49. The molecule has 1 unspecified atom stereocenters. The molecule has 1 saturated heterocycles. The highest BCUT2D eigenvalue weighted by Gasteiger charge is 2.27. The molecule has 2 aromatic carbocycles. The number of methoxy groups -OCH3 is 1. The predicted molar refractivity (Wildman–Crippen MR) is 118 cm³/mol. The van der Waals surface area contributed by atoms with Crippen LogP contribution in [0.25, 0.3) is 0 Å². The maximum absolute atomic E-state index is 13.4. The number of benzene rings is 2. The average molecular weight is 442 g/mol. The third kappa shape index (κ3) is 6.29. The van der Waals surface area contributed by atoms with Gasteiger partial charge in [0.15, 0.2) is 0 Å². The number of nitrogens with zero attached hydrogens (tertiary/aromatic N) is 1. The van der Waals surface area contributed by atoms with Crippen LogP contribution in [0.3, 0.4) is 0 Å². The monoisotopic (exact) mass is 441 g/mol. The van der Waals surface area contributed by atoms with E-state index in [0.29, 0.717) is 43.7 Å². The van der Waals surface area contributed by atoms with Crippen LogP contribution in [-0.4, -0.2) is 54.9 Å². The van der Waals surface area contributed by atoms with E-state index in [0.717, 1.165) is 5.56 Å². The van der Waals surface area contributed by atoms with Crippen LogP contribution in [0.4, 0.5) is 4.39 Å². The quantitative estimate of drug-likeness (QED) is 0.690. The van der Waals surface area contributed by atoms with Crippen LogP contribution in [0.15, 0.2) is 48.5 Å². The SMILES string of the molecule is COc1ccc(CC(NC(C)=O)C(=O)NC2CCN(C(=O)c3cccc(F)c3)CC2)cc1. The molecular formula is C24H28FN3O4. The molecule has 170 valence electrons. The molecule has 1 heterocycles. The first-order valence-corrected chi connectivity index (χ1v) is 10.6. The number of amides is 3. The molecule has 1 atom stereocenters. The second-order valence-corrected chi connectivity index (χ2v) is 7.89. The number of carbonyl (C=O) groups is 3. The van der Waals surface area contributed by atoms with Gasteiger partial charge in [-0.2, -0.15) is 0 Å². The highest BCUT2D eigenvalue weighted by molar-refractivity contribution is 5.94. The minimum absolute atomic E-state index is 0.105. The molecule has 0 aliphatic carbocycles. The number of halogens is 1. The van der Waals surface area contributed by atoms with Crippen LogP contribution >= 0.6 is 0 Å². The average Bonchev–Trinajstić information content (AvgIpc) is 2.79. The van der Waals surface area contributed by atoms with Gasteiger partial charge in [0.05, 0.1) is 7.11 Å². The van der Waals surface area contributed by atoms with E-state index in [2.05, 4.69) is 10.6 Å². The zero-order chi connectivity index (χ0) is 23.1. The molecular weight excluding hydrogens is 413 g/mol. The summed E-state index contributed by atoms with van der Waals surface area (Å²) in [4.78, 5) is 38.8. The van der Waals surface area contributed by atoms with Gasteiger partial charge in [0.1, 0.15) is 17.6 Å². The Hall–Kier alpha value is -3.42. The minimum atomic E-state index is -0.701. The van der Waals surface area contributed by atoms with E-state index < -0.39 is 11.9 Å². The summed E-state index contributed by atoms with van der Waals surface area (Å²) in [6.07, 6.45) is 1.52. The molecule has 2 N–H and O–H groups in total. The zero-order valence-electron chi connectivity index (χ0n) is 18.3. The molecule has 1 aliphatic rings. The van der Waals surface area contributed by atoms with Crippen LogP contribution < -0.4 is 15.4 Å². The molecule has 2 aromatic rings. The van der Waals surface area contributed by atoms with Gasteiger partial charge in [-0.05, 0) is 48.7 Å². The number of likely N-dealkylation sites (tertiary alicyclic amines) is 1. The van der Waals surface area contributed by atoms with E-state index in [1.54, 1.807) is 18.1 Å². The fourth-order valence-electron chi connectivity index (χ4n) is 3.78. The molecule has 1 fully saturated rings. The van der Waals surface area contributed by atoms with Gasteiger partial charge in [-0.3, -0.25) is 14.4 Å². The Bertz CT molecular complexity index is 956. The molecule has 0 radical (unpaired) electrons. The topological polar surface area (TPSA) is 87.7 Å². The lowest BCUT2D eigenvalue weighted by atomic mass is 10.0. The largest absolute Gasteiger partial charge is 0.497 e. The third-order valence-electron chi connectivity index (χ3n) is 5.49. The van der Waals surface area contributed by atoms with E-state index in [4.69, 9.17) is 4.74 Å². The molecule has 0 aromatic heterocycles. The number of piperidine rings is 1. The van der Waals surface area contributed by atoms with Crippen LogP contribution in [0.2, 0.25) is 0 Å². The smallest absolute Gasteiger partial charge is 0.253 e. The van der Waals surface area contributed by atoms with Crippen molar-refractivity contribution >= 4 is 17.7 Å². The van der Waals surface area contributed by atoms with Gasteiger partial charge >= 0.3 is 0 Å².